The molecule has 8 heteroatoms. The molecule has 2 heterocycles. The van der Waals surface area contributed by atoms with Gasteiger partial charge in [-0.05, 0) is 42.9 Å². The Balaban J connectivity index is 1.59. The second kappa shape index (κ2) is 13.0. The molecule has 0 radical (unpaired) electrons. The maximum absolute atomic E-state index is 11.5. The van der Waals surface area contributed by atoms with E-state index < -0.39 is 5.76 Å². The molecule has 0 amide bonds. The van der Waals surface area contributed by atoms with Gasteiger partial charge in [0.15, 0.2) is 5.82 Å². The molecule has 37 heavy (non-hydrogen) atoms. The lowest BCUT2D eigenvalue weighted by Gasteiger charge is -2.16. The van der Waals surface area contributed by atoms with Gasteiger partial charge in [-0.25, -0.2) is 9.78 Å². The van der Waals surface area contributed by atoms with Crippen LogP contribution in [0.3, 0.4) is 0 Å². The first kappa shape index (κ1) is 26.3. The monoisotopic (exact) mass is 502 g/mol. The highest BCUT2D eigenvalue weighted by molar-refractivity contribution is 5.80. The summed E-state index contributed by atoms with van der Waals surface area (Å²) in [5.74, 6) is 1.20. The quantitative estimate of drug-likeness (QED) is 0.240. The number of nitrogens with one attached hydrogen (secondary N) is 1. The van der Waals surface area contributed by atoms with Gasteiger partial charge in [-0.2, -0.15) is 4.98 Å². The van der Waals surface area contributed by atoms with Gasteiger partial charge < -0.3 is 9.47 Å². The second-order valence-corrected chi connectivity index (χ2v) is 8.93. The number of unbranched alkanes of at least 4 members (excludes halogenated alkanes) is 1. The van der Waals surface area contributed by atoms with Crippen LogP contribution in [-0.4, -0.2) is 39.9 Å². The average Bonchev–Trinajstić information content (AvgIpc) is 3.35. The number of H-pyrrole nitrogens is 1. The number of aryl methyl sites for hydroxylation is 2. The number of nitrogens with zero attached hydrogens (tertiary/aromatic N) is 3. The Labute approximate surface area is 217 Å². The van der Waals surface area contributed by atoms with Crippen molar-refractivity contribution in [2.45, 2.75) is 52.9 Å². The summed E-state index contributed by atoms with van der Waals surface area (Å²) in [6.45, 7) is 7.90. The van der Waals surface area contributed by atoms with E-state index in [0.29, 0.717) is 31.3 Å². The largest absolute Gasteiger partial charge is 0.475 e. The fraction of sp³-hybridized carbons (Fsp3) is 0.379. The summed E-state index contributed by atoms with van der Waals surface area (Å²) < 4.78 is 16.4. The predicted molar refractivity (Wildman–Crippen MR) is 143 cm³/mol. The minimum Gasteiger partial charge on any atom is -0.475 e. The van der Waals surface area contributed by atoms with Crippen molar-refractivity contribution in [1.82, 2.24) is 20.1 Å². The highest BCUT2D eigenvalue weighted by Crippen LogP contribution is 2.31. The molecule has 0 saturated carbocycles. The number of aromatic amines is 1. The summed E-state index contributed by atoms with van der Waals surface area (Å²) in [6.07, 6.45) is 4.69. The van der Waals surface area contributed by atoms with Crippen molar-refractivity contribution in [2.24, 2.45) is 0 Å². The summed E-state index contributed by atoms with van der Waals surface area (Å²) in [5.41, 5.74) is 5.98. The maximum atomic E-state index is 11.5. The molecule has 4 aromatic rings. The third kappa shape index (κ3) is 6.92. The molecular weight excluding hydrogens is 468 g/mol. The summed E-state index contributed by atoms with van der Waals surface area (Å²) in [6, 6.07) is 16.1. The number of aromatic nitrogens is 4. The van der Waals surface area contributed by atoms with Crippen LogP contribution in [0.2, 0.25) is 0 Å². The van der Waals surface area contributed by atoms with Gasteiger partial charge in [-0.3, -0.25) is 9.51 Å². The topological polar surface area (TPSA) is 103 Å². The van der Waals surface area contributed by atoms with E-state index >= 15 is 0 Å². The van der Waals surface area contributed by atoms with E-state index in [1.54, 1.807) is 0 Å². The molecule has 2 aromatic heterocycles. The third-order valence-corrected chi connectivity index (χ3v) is 6.02. The molecular formula is C29H34N4O4. The Morgan fingerprint density at radius 2 is 1.70 bits per heavy atom. The van der Waals surface area contributed by atoms with Crippen LogP contribution >= 0.6 is 0 Å². The van der Waals surface area contributed by atoms with E-state index in [9.17, 15) is 4.79 Å². The number of rotatable bonds is 13. The molecule has 0 aliphatic carbocycles. The van der Waals surface area contributed by atoms with Crippen molar-refractivity contribution >= 4 is 0 Å². The van der Waals surface area contributed by atoms with Crippen molar-refractivity contribution in [1.29, 1.82) is 0 Å². The summed E-state index contributed by atoms with van der Waals surface area (Å²) in [4.78, 5) is 23.5. The van der Waals surface area contributed by atoms with Crippen molar-refractivity contribution in [3.63, 3.8) is 0 Å². The van der Waals surface area contributed by atoms with E-state index in [2.05, 4.69) is 53.2 Å². The van der Waals surface area contributed by atoms with Crippen molar-refractivity contribution in [2.75, 3.05) is 19.8 Å². The average molecular weight is 503 g/mol. The highest BCUT2D eigenvalue weighted by atomic mass is 16.5. The van der Waals surface area contributed by atoms with Gasteiger partial charge in [0.1, 0.15) is 12.4 Å². The fourth-order valence-electron chi connectivity index (χ4n) is 4.21. The molecule has 0 unspecified atom stereocenters. The molecule has 1 N–H and O–H groups in total. The van der Waals surface area contributed by atoms with Crippen LogP contribution in [0.4, 0.5) is 0 Å². The normalized spacial score (nSPS) is 11.1. The van der Waals surface area contributed by atoms with Crippen LogP contribution in [0.15, 0.2) is 57.8 Å². The zero-order valence-electron chi connectivity index (χ0n) is 21.8. The van der Waals surface area contributed by atoms with Crippen LogP contribution in [0.5, 0.6) is 5.88 Å². The highest BCUT2D eigenvalue weighted by Gasteiger charge is 2.16. The fourth-order valence-corrected chi connectivity index (χ4v) is 4.21. The Hall–Kier alpha value is -3.78. The lowest BCUT2D eigenvalue weighted by atomic mass is 9.96. The first-order valence-electron chi connectivity index (χ1n) is 12.9. The van der Waals surface area contributed by atoms with Crippen molar-refractivity contribution < 1.29 is 14.0 Å². The predicted octanol–water partition coefficient (Wildman–Crippen LogP) is 5.53. The Bertz CT molecular complexity index is 1340. The van der Waals surface area contributed by atoms with E-state index in [-0.39, 0.29) is 0 Å². The lowest BCUT2D eigenvalue weighted by Crippen LogP contribution is -2.13. The lowest BCUT2D eigenvalue weighted by molar-refractivity contribution is 0.0985. The van der Waals surface area contributed by atoms with Gasteiger partial charge in [-0.15, -0.1) is 0 Å². The SMILES string of the molecule is CCCCc1nc(C)nc(OCCOCCC)c1Cc1ccc(-c2ccccc2-c2noc(=O)[nH]2)cc1. The van der Waals surface area contributed by atoms with Crippen molar-refractivity contribution in [3.05, 3.63) is 81.7 Å². The van der Waals surface area contributed by atoms with Crippen LogP contribution in [0, 0.1) is 6.92 Å². The molecule has 2 aromatic carbocycles. The standard InChI is InChI=1S/C29H34N4O4/c1-4-6-11-26-25(28(31-20(3)30-26)36-18-17-35-16-5-2)19-21-12-14-22(15-13-21)23-9-7-8-10-24(23)27-32-29(34)37-33-27/h7-10,12-15H,4-6,11,16-19H2,1-3H3,(H,32,33,34). The molecule has 0 spiro atoms. The van der Waals surface area contributed by atoms with E-state index in [4.69, 9.17) is 19.0 Å². The van der Waals surface area contributed by atoms with Crippen LogP contribution in [0.1, 0.15) is 55.8 Å². The first-order valence-corrected chi connectivity index (χ1v) is 12.9. The molecule has 194 valence electrons. The Morgan fingerprint density at radius 3 is 2.41 bits per heavy atom. The van der Waals surface area contributed by atoms with Gasteiger partial charge in [0.25, 0.3) is 0 Å². The second-order valence-electron chi connectivity index (χ2n) is 8.93. The summed E-state index contributed by atoms with van der Waals surface area (Å²) in [5, 5.41) is 3.86. The van der Waals surface area contributed by atoms with Crippen LogP contribution in [-0.2, 0) is 17.6 Å². The molecule has 8 nitrogen and oxygen atoms in total. The molecule has 4 rings (SSSR count). The summed E-state index contributed by atoms with van der Waals surface area (Å²) in [7, 11) is 0. The smallest absolute Gasteiger partial charge is 0.439 e. The number of ether oxygens (including phenoxy) is 2. The Kier molecular flexibility index (Phi) is 9.21. The Morgan fingerprint density at radius 1 is 0.919 bits per heavy atom. The van der Waals surface area contributed by atoms with Gasteiger partial charge in [0.05, 0.1) is 12.3 Å². The molecule has 0 saturated heterocycles. The third-order valence-electron chi connectivity index (χ3n) is 6.02. The zero-order valence-corrected chi connectivity index (χ0v) is 21.8. The zero-order chi connectivity index (χ0) is 26.0. The number of hydrogen-bond donors (Lipinski definition) is 1. The number of hydrogen-bond acceptors (Lipinski definition) is 7. The first-order chi connectivity index (χ1) is 18.1. The minimum absolute atomic E-state index is 0.409. The summed E-state index contributed by atoms with van der Waals surface area (Å²) >= 11 is 0. The van der Waals surface area contributed by atoms with Crippen LogP contribution < -0.4 is 10.5 Å². The van der Waals surface area contributed by atoms with E-state index in [1.807, 2.05) is 31.2 Å². The number of benzene rings is 2. The minimum atomic E-state index is -0.575. The van der Waals surface area contributed by atoms with Crippen LogP contribution in [0.25, 0.3) is 22.5 Å². The molecule has 0 fully saturated rings. The maximum Gasteiger partial charge on any atom is 0.439 e. The van der Waals surface area contributed by atoms with Gasteiger partial charge in [0.2, 0.25) is 5.88 Å². The molecule has 0 aliphatic rings. The molecule has 0 aliphatic heterocycles. The van der Waals surface area contributed by atoms with Gasteiger partial charge >= 0.3 is 5.76 Å². The van der Waals surface area contributed by atoms with Gasteiger partial charge in [0, 0.05) is 24.2 Å². The molecule has 0 bridgehead atoms. The molecule has 0 atom stereocenters. The van der Waals surface area contributed by atoms with E-state index in [0.717, 1.165) is 71.6 Å². The van der Waals surface area contributed by atoms with E-state index in [1.165, 1.54) is 0 Å². The van der Waals surface area contributed by atoms with Crippen molar-refractivity contribution in [3.8, 4) is 28.4 Å². The van der Waals surface area contributed by atoms with Gasteiger partial charge in [-0.1, -0.05) is 74.0 Å².